The molecule has 0 unspecified atom stereocenters. The van der Waals surface area contributed by atoms with E-state index in [9.17, 15) is 16.8 Å². The Hall–Kier alpha value is -0.220. The van der Waals surface area contributed by atoms with E-state index >= 15 is 0 Å². The molecular weight excluding hydrogens is 236 g/mol. The van der Waals surface area contributed by atoms with Crippen molar-refractivity contribution in [3.63, 3.8) is 0 Å². The lowest BCUT2D eigenvalue weighted by Crippen LogP contribution is -2.04. The van der Waals surface area contributed by atoms with Crippen molar-refractivity contribution in [1.82, 2.24) is 0 Å². The van der Waals surface area contributed by atoms with Crippen molar-refractivity contribution in [2.24, 2.45) is 0 Å². The molecule has 0 bridgehead atoms. The van der Waals surface area contributed by atoms with Gasteiger partial charge in [-0.15, -0.1) is 0 Å². The first-order chi connectivity index (χ1) is 6.06. The Labute approximate surface area is 83.8 Å². The number of hydrogen-bond donors (Lipinski definition) is 2. The zero-order valence-electron chi connectivity index (χ0n) is 7.87. The van der Waals surface area contributed by atoms with E-state index in [1.807, 2.05) is 6.92 Å². The first kappa shape index (κ1) is 16.2. The molecule has 0 amide bonds. The van der Waals surface area contributed by atoms with Crippen LogP contribution in [0.1, 0.15) is 19.8 Å². The Morgan fingerprint density at radius 2 is 1.50 bits per heavy atom. The first-order valence-corrected chi connectivity index (χ1v) is 6.82. The van der Waals surface area contributed by atoms with Gasteiger partial charge in [0.25, 0.3) is 10.1 Å². The summed E-state index contributed by atoms with van der Waals surface area (Å²) in [5, 5.41) is 0. The standard InChI is InChI=1S/C4H10O4S.CH4O3S/c1-2-3-4-8-9(5,6)7;1-5(2,3)4/h2-4H2,1H3,(H,5,6,7);1H3,(H,2,3,4). The van der Waals surface area contributed by atoms with Crippen LogP contribution >= 0.6 is 0 Å². The minimum atomic E-state index is -4.20. The molecule has 0 heterocycles. The molecule has 0 saturated heterocycles. The Morgan fingerprint density at radius 1 is 1.14 bits per heavy atom. The molecule has 7 nitrogen and oxygen atoms in total. The van der Waals surface area contributed by atoms with Crippen LogP contribution in [0.15, 0.2) is 0 Å². The van der Waals surface area contributed by atoms with Crippen molar-refractivity contribution in [3.05, 3.63) is 0 Å². The molecule has 0 aliphatic carbocycles. The van der Waals surface area contributed by atoms with Crippen LogP contribution in [0.2, 0.25) is 0 Å². The average molecular weight is 250 g/mol. The predicted molar refractivity (Wildman–Crippen MR) is 49.9 cm³/mol. The zero-order chi connectivity index (χ0) is 11.8. The molecule has 0 aliphatic rings. The van der Waals surface area contributed by atoms with Crippen molar-refractivity contribution in [3.8, 4) is 0 Å². The second kappa shape index (κ2) is 7.12. The van der Waals surface area contributed by atoms with E-state index in [0.29, 0.717) is 12.7 Å². The summed E-state index contributed by atoms with van der Waals surface area (Å²) in [4.78, 5) is 0. The maximum atomic E-state index is 9.84. The first-order valence-electron chi connectivity index (χ1n) is 3.60. The van der Waals surface area contributed by atoms with Crippen molar-refractivity contribution in [2.75, 3.05) is 12.9 Å². The molecule has 9 heteroatoms. The summed E-state index contributed by atoms with van der Waals surface area (Å²) in [6, 6.07) is 0. The fourth-order valence-corrected chi connectivity index (χ4v) is 0.637. The van der Waals surface area contributed by atoms with Crippen LogP contribution < -0.4 is 0 Å². The van der Waals surface area contributed by atoms with Crippen LogP contribution in [0.4, 0.5) is 0 Å². The molecule has 0 aliphatic heterocycles. The maximum Gasteiger partial charge on any atom is 0.397 e. The Morgan fingerprint density at radius 3 is 1.71 bits per heavy atom. The normalized spacial score (nSPS) is 11.7. The third kappa shape index (κ3) is 41.0. The lowest BCUT2D eigenvalue weighted by atomic mass is 10.4. The van der Waals surface area contributed by atoms with Crippen molar-refractivity contribution in [2.45, 2.75) is 19.8 Å². The van der Waals surface area contributed by atoms with Gasteiger partial charge in [0.1, 0.15) is 0 Å². The van der Waals surface area contributed by atoms with Gasteiger partial charge >= 0.3 is 10.4 Å². The highest BCUT2D eigenvalue weighted by atomic mass is 32.3. The third-order valence-electron chi connectivity index (χ3n) is 0.730. The van der Waals surface area contributed by atoms with E-state index in [4.69, 9.17) is 9.11 Å². The number of unbranched alkanes of at least 4 members (excludes halogenated alkanes) is 1. The largest absolute Gasteiger partial charge is 0.397 e. The van der Waals surface area contributed by atoms with Crippen LogP contribution in [-0.2, 0) is 24.7 Å². The Bertz CT molecular complexity index is 306. The van der Waals surface area contributed by atoms with Crippen LogP contribution in [0.5, 0.6) is 0 Å². The highest BCUT2D eigenvalue weighted by Crippen LogP contribution is 1.91. The summed E-state index contributed by atoms with van der Waals surface area (Å²) in [6.45, 7) is 1.96. The van der Waals surface area contributed by atoms with Crippen LogP contribution in [-0.4, -0.2) is 38.8 Å². The average Bonchev–Trinajstić information content (AvgIpc) is 1.80. The molecule has 0 spiro atoms. The zero-order valence-corrected chi connectivity index (χ0v) is 9.51. The van der Waals surface area contributed by atoms with Gasteiger partial charge in [-0.2, -0.15) is 16.8 Å². The summed E-state index contributed by atoms with van der Waals surface area (Å²) in [5.74, 6) is 0. The minimum Gasteiger partial charge on any atom is -0.286 e. The fraction of sp³-hybridized carbons (Fsp3) is 1.00. The molecule has 0 atom stereocenters. The third-order valence-corrected chi connectivity index (χ3v) is 1.19. The van der Waals surface area contributed by atoms with E-state index in [2.05, 4.69) is 4.18 Å². The van der Waals surface area contributed by atoms with E-state index in [0.717, 1.165) is 6.42 Å². The van der Waals surface area contributed by atoms with Crippen molar-refractivity contribution < 1.29 is 30.1 Å². The van der Waals surface area contributed by atoms with Crippen LogP contribution in [0, 0.1) is 0 Å². The fourth-order valence-electron chi connectivity index (χ4n) is 0.309. The lowest BCUT2D eigenvalue weighted by Gasteiger charge is -1.95. The molecule has 0 aromatic heterocycles. The van der Waals surface area contributed by atoms with Gasteiger partial charge in [-0.3, -0.25) is 9.11 Å². The van der Waals surface area contributed by atoms with Gasteiger partial charge in [0.15, 0.2) is 0 Å². The second-order valence-corrected chi connectivity index (χ2v) is 4.89. The summed E-state index contributed by atoms with van der Waals surface area (Å²) >= 11 is 0. The quantitative estimate of drug-likeness (QED) is 0.537. The topological polar surface area (TPSA) is 118 Å². The maximum absolute atomic E-state index is 9.84. The molecular formula is C5H14O7S2. The number of hydrogen-bond acceptors (Lipinski definition) is 5. The van der Waals surface area contributed by atoms with E-state index < -0.39 is 20.5 Å². The molecule has 0 rings (SSSR count). The Balaban J connectivity index is 0. The molecule has 0 saturated carbocycles. The highest BCUT2D eigenvalue weighted by Gasteiger charge is 2.00. The van der Waals surface area contributed by atoms with E-state index in [-0.39, 0.29) is 6.61 Å². The van der Waals surface area contributed by atoms with Crippen LogP contribution in [0.25, 0.3) is 0 Å². The summed E-state index contributed by atoms with van der Waals surface area (Å²) in [6.07, 6.45) is 2.20. The van der Waals surface area contributed by atoms with Gasteiger partial charge in [0.05, 0.1) is 12.9 Å². The summed E-state index contributed by atoms with van der Waals surface area (Å²) < 4.78 is 57.5. The van der Waals surface area contributed by atoms with Gasteiger partial charge < -0.3 is 0 Å². The monoisotopic (exact) mass is 250 g/mol. The molecule has 88 valence electrons. The molecule has 14 heavy (non-hydrogen) atoms. The lowest BCUT2D eigenvalue weighted by molar-refractivity contribution is 0.264. The Kier molecular flexibility index (Phi) is 8.25. The number of rotatable bonds is 4. The van der Waals surface area contributed by atoms with Crippen LogP contribution in [0.3, 0.4) is 0 Å². The molecule has 0 aromatic carbocycles. The SMILES string of the molecule is CCCCOS(=O)(=O)O.CS(=O)(=O)O. The molecule has 0 radical (unpaired) electrons. The van der Waals surface area contributed by atoms with Gasteiger partial charge in [-0.05, 0) is 6.42 Å². The van der Waals surface area contributed by atoms with Crippen molar-refractivity contribution >= 4 is 20.5 Å². The summed E-state index contributed by atoms with van der Waals surface area (Å²) in [7, 11) is -7.86. The van der Waals surface area contributed by atoms with Crippen molar-refractivity contribution in [1.29, 1.82) is 0 Å². The highest BCUT2D eigenvalue weighted by molar-refractivity contribution is 7.85. The van der Waals surface area contributed by atoms with Gasteiger partial charge in [-0.25, -0.2) is 4.18 Å². The summed E-state index contributed by atoms with van der Waals surface area (Å²) in [5.41, 5.74) is 0. The molecule has 2 N–H and O–H groups in total. The molecule has 0 fully saturated rings. The van der Waals surface area contributed by atoms with E-state index in [1.165, 1.54) is 0 Å². The van der Waals surface area contributed by atoms with Gasteiger partial charge in [0, 0.05) is 0 Å². The molecule has 0 aromatic rings. The predicted octanol–water partition coefficient (Wildman–Crippen LogP) is 0.110. The van der Waals surface area contributed by atoms with E-state index in [1.54, 1.807) is 0 Å². The second-order valence-electron chi connectivity index (χ2n) is 2.34. The minimum absolute atomic E-state index is 0.0648. The van der Waals surface area contributed by atoms with Gasteiger partial charge in [-0.1, -0.05) is 13.3 Å². The smallest absolute Gasteiger partial charge is 0.286 e. The van der Waals surface area contributed by atoms with Gasteiger partial charge in [0.2, 0.25) is 0 Å².